The van der Waals surface area contributed by atoms with Crippen LogP contribution in [0.15, 0.2) is 18.2 Å². The normalized spacial score (nSPS) is 18.1. The molecule has 0 spiro atoms. The van der Waals surface area contributed by atoms with Crippen LogP contribution < -0.4 is 4.74 Å². The first-order chi connectivity index (χ1) is 9.33. The molecule has 2 rings (SSSR count). The van der Waals surface area contributed by atoms with Gasteiger partial charge in [0, 0.05) is 7.11 Å². The quantitative estimate of drug-likeness (QED) is 0.768. The van der Waals surface area contributed by atoms with Crippen LogP contribution in [0.3, 0.4) is 0 Å². The number of hydrogen-bond donors (Lipinski definition) is 1. The van der Waals surface area contributed by atoms with Crippen molar-refractivity contribution in [3.05, 3.63) is 29.3 Å². The number of rotatable bonds is 7. The topological polar surface area (TPSA) is 47.9 Å². The van der Waals surface area contributed by atoms with Crippen molar-refractivity contribution in [1.29, 1.82) is 0 Å². The van der Waals surface area contributed by atoms with E-state index in [0.717, 1.165) is 36.1 Å². The molecular formula is C15H22O4. The molecule has 0 amide bonds. The zero-order valence-corrected chi connectivity index (χ0v) is 11.4. The van der Waals surface area contributed by atoms with Crippen LogP contribution in [0.25, 0.3) is 0 Å². The lowest BCUT2D eigenvalue weighted by molar-refractivity contribution is 0.0541. The maximum absolute atomic E-state index is 9.96. The molecule has 0 radical (unpaired) electrons. The van der Waals surface area contributed by atoms with Crippen LogP contribution in [0.2, 0.25) is 0 Å². The molecule has 4 heteroatoms. The standard InChI is InChI=1S/C15H22O4/c1-17-8-9-18-10-11-19-15-7-3-4-12-13(15)5-2-6-14(12)16/h3-4,7,14,16H,2,5-6,8-11H2,1H3. The van der Waals surface area contributed by atoms with Gasteiger partial charge in [0.05, 0.1) is 25.9 Å². The Morgan fingerprint density at radius 3 is 2.89 bits per heavy atom. The Kier molecular flexibility index (Phi) is 5.63. The first-order valence-electron chi connectivity index (χ1n) is 6.82. The molecule has 1 atom stereocenters. The van der Waals surface area contributed by atoms with Gasteiger partial charge in [-0.3, -0.25) is 0 Å². The average molecular weight is 266 g/mol. The number of aliphatic hydroxyl groups is 1. The summed E-state index contributed by atoms with van der Waals surface area (Å²) in [7, 11) is 1.65. The molecule has 1 unspecified atom stereocenters. The Morgan fingerprint density at radius 2 is 2.05 bits per heavy atom. The second-order valence-electron chi connectivity index (χ2n) is 4.69. The predicted octanol–water partition coefficient (Wildman–Crippen LogP) is 2.10. The van der Waals surface area contributed by atoms with Gasteiger partial charge in [0.15, 0.2) is 0 Å². The van der Waals surface area contributed by atoms with Crippen molar-refractivity contribution in [3.8, 4) is 5.75 Å². The van der Waals surface area contributed by atoms with Gasteiger partial charge in [-0.25, -0.2) is 0 Å². The van der Waals surface area contributed by atoms with E-state index in [9.17, 15) is 5.11 Å². The summed E-state index contributed by atoms with van der Waals surface area (Å²) >= 11 is 0. The van der Waals surface area contributed by atoms with Crippen LogP contribution in [0.1, 0.15) is 30.1 Å². The van der Waals surface area contributed by atoms with Crippen LogP contribution in [-0.4, -0.2) is 38.6 Å². The highest BCUT2D eigenvalue weighted by molar-refractivity contribution is 5.42. The molecular weight excluding hydrogens is 244 g/mol. The lowest BCUT2D eigenvalue weighted by Crippen LogP contribution is -2.14. The molecule has 0 heterocycles. The summed E-state index contributed by atoms with van der Waals surface area (Å²) in [5.41, 5.74) is 2.17. The molecule has 0 aliphatic heterocycles. The average Bonchev–Trinajstić information content (AvgIpc) is 2.43. The van der Waals surface area contributed by atoms with E-state index >= 15 is 0 Å². The largest absolute Gasteiger partial charge is 0.491 e. The van der Waals surface area contributed by atoms with Crippen molar-refractivity contribution in [2.45, 2.75) is 25.4 Å². The van der Waals surface area contributed by atoms with Gasteiger partial charge in [-0.15, -0.1) is 0 Å². The van der Waals surface area contributed by atoms with Crippen molar-refractivity contribution in [2.24, 2.45) is 0 Å². The third kappa shape index (κ3) is 3.93. The molecule has 0 saturated carbocycles. The van der Waals surface area contributed by atoms with Gasteiger partial charge >= 0.3 is 0 Å². The number of aliphatic hydroxyl groups excluding tert-OH is 1. The summed E-state index contributed by atoms with van der Waals surface area (Å²) in [6, 6.07) is 5.89. The highest BCUT2D eigenvalue weighted by Gasteiger charge is 2.20. The van der Waals surface area contributed by atoms with Crippen LogP contribution in [0.4, 0.5) is 0 Å². The van der Waals surface area contributed by atoms with E-state index < -0.39 is 0 Å². The van der Waals surface area contributed by atoms with Crippen LogP contribution >= 0.6 is 0 Å². The van der Waals surface area contributed by atoms with Gasteiger partial charge in [-0.1, -0.05) is 12.1 Å². The van der Waals surface area contributed by atoms with E-state index in [4.69, 9.17) is 14.2 Å². The minimum absolute atomic E-state index is 0.342. The maximum atomic E-state index is 9.96. The summed E-state index contributed by atoms with van der Waals surface area (Å²) in [6.45, 7) is 2.27. The number of methoxy groups -OCH3 is 1. The summed E-state index contributed by atoms with van der Waals surface area (Å²) in [6.07, 6.45) is 2.49. The SMILES string of the molecule is COCCOCCOc1cccc2c1CCCC2O. The fourth-order valence-corrected chi connectivity index (χ4v) is 2.38. The third-order valence-electron chi connectivity index (χ3n) is 3.35. The number of ether oxygens (including phenoxy) is 3. The first-order valence-corrected chi connectivity index (χ1v) is 6.82. The molecule has 1 aromatic rings. The lowest BCUT2D eigenvalue weighted by atomic mass is 9.89. The molecule has 1 aliphatic rings. The Labute approximate surface area is 114 Å². The minimum Gasteiger partial charge on any atom is -0.491 e. The highest BCUT2D eigenvalue weighted by Crippen LogP contribution is 2.35. The van der Waals surface area contributed by atoms with E-state index in [1.165, 1.54) is 0 Å². The Hall–Kier alpha value is -1.10. The molecule has 1 aliphatic carbocycles. The molecule has 0 aromatic heterocycles. The molecule has 0 fully saturated rings. The summed E-state index contributed by atoms with van der Waals surface area (Å²) in [4.78, 5) is 0. The summed E-state index contributed by atoms with van der Waals surface area (Å²) in [5.74, 6) is 0.881. The van der Waals surface area contributed by atoms with Crippen molar-refractivity contribution in [1.82, 2.24) is 0 Å². The van der Waals surface area contributed by atoms with E-state index in [2.05, 4.69) is 0 Å². The Bertz CT molecular complexity index is 392. The van der Waals surface area contributed by atoms with Crippen molar-refractivity contribution >= 4 is 0 Å². The van der Waals surface area contributed by atoms with E-state index in [1.807, 2.05) is 18.2 Å². The van der Waals surface area contributed by atoms with Crippen molar-refractivity contribution < 1.29 is 19.3 Å². The van der Waals surface area contributed by atoms with Gasteiger partial charge in [0.1, 0.15) is 12.4 Å². The first kappa shape index (κ1) is 14.3. The molecule has 106 valence electrons. The Balaban J connectivity index is 1.85. The number of fused-ring (bicyclic) bond motifs is 1. The zero-order chi connectivity index (χ0) is 13.5. The van der Waals surface area contributed by atoms with Crippen molar-refractivity contribution in [2.75, 3.05) is 33.5 Å². The van der Waals surface area contributed by atoms with Gasteiger partial charge in [0.2, 0.25) is 0 Å². The molecule has 0 bridgehead atoms. The van der Waals surface area contributed by atoms with E-state index in [-0.39, 0.29) is 6.10 Å². The fourth-order valence-electron chi connectivity index (χ4n) is 2.38. The molecule has 1 N–H and O–H groups in total. The van der Waals surface area contributed by atoms with Gasteiger partial charge in [0.25, 0.3) is 0 Å². The van der Waals surface area contributed by atoms with Gasteiger partial charge in [-0.2, -0.15) is 0 Å². The van der Waals surface area contributed by atoms with Gasteiger partial charge < -0.3 is 19.3 Å². The number of hydrogen-bond acceptors (Lipinski definition) is 4. The summed E-state index contributed by atoms with van der Waals surface area (Å²) in [5, 5.41) is 9.96. The van der Waals surface area contributed by atoms with Gasteiger partial charge in [-0.05, 0) is 36.5 Å². The molecule has 0 saturated heterocycles. The van der Waals surface area contributed by atoms with E-state index in [1.54, 1.807) is 7.11 Å². The Morgan fingerprint density at radius 1 is 1.21 bits per heavy atom. The maximum Gasteiger partial charge on any atom is 0.122 e. The lowest BCUT2D eigenvalue weighted by Gasteiger charge is -2.23. The molecule has 4 nitrogen and oxygen atoms in total. The fraction of sp³-hybridized carbons (Fsp3) is 0.600. The minimum atomic E-state index is -0.342. The van der Waals surface area contributed by atoms with Crippen LogP contribution in [0, 0.1) is 0 Å². The second-order valence-corrected chi connectivity index (χ2v) is 4.69. The van der Waals surface area contributed by atoms with Crippen molar-refractivity contribution in [3.63, 3.8) is 0 Å². The second kappa shape index (κ2) is 7.48. The van der Waals surface area contributed by atoms with E-state index in [0.29, 0.717) is 26.4 Å². The molecule has 19 heavy (non-hydrogen) atoms. The third-order valence-corrected chi connectivity index (χ3v) is 3.35. The smallest absolute Gasteiger partial charge is 0.122 e. The summed E-state index contributed by atoms with van der Waals surface area (Å²) < 4.78 is 16.0. The van der Waals surface area contributed by atoms with Crippen LogP contribution in [-0.2, 0) is 15.9 Å². The zero-order valence-electron chi connectivity index (χ0n) is 11.4. The predicted molar refractivity (Wildman–Crippen MR) is 72.5 cm³/mol. The number of benzene rings is 1. The highest BCUT2D eigenvalue weighted by atomic mass is 16.5. The monoisotopic (exact) mass is 266 g/mol. The molecule has 1 aromatic carbocycles. The van der Waals surface area contributed by atoms with Crippen LogP contribution in [0.5, 0.6) is 5.75 Å².